The lowest BCUT2D eigenvalue weighted by Gasteiger charge is -2.35. The van der Waals surface area contributed by atoms with Gasteiger partial charge in [0.1, 0.15) is 30.6 Å². The number of pyridine rings is 1. The second kappa shape index (κ2) is 20.7. The van der Waals surface area contributed by atoms with Crippen LogP contribution < -0.4 is 47.3 Å². The van der Waals surface area contributed by atoms with Crippen LogP contribution in [0.2, 0.25) is 0 Å². The van der Waals surface area contributed by atoms with Gasteiger partial charge in [0.2, 0.25) is 17.8 Å². The highest BCUT2D eigenvalue weighted by Crippen LogP contribution is 2.42. The number of imide groups is 1. The van der Waals surface area contributed by atoms with Crippen LogP contribution in [0.15, 0.2) is 68.4 Å². The molecule has 2 saturated heterocycles. The normalized spacial score (nSPS) is 15.9. The number of carbonyl (C=O) groups excluding carboxylic acids is 2. The number of piperidine rings is 2. The molecule has 0 aliphatic carbocycles. The van der Waals surface area contributed by atoms with Gasteiger partial charge in [0.05, 0.1) is 33.5 Å². The number of nitrogens with zero attached hydrogens (tertiary/aromatic N) is 5. The van der Waals surface area contributed by atoms with Gasteiger partial charge in [0, 0.05) is 78.5 Å². The van der Waals surface area contributed by atoms with Crippen LogP contribution in [-0.2, 0) is 33.4 Å². The summed E-state index contributed by atoms with van der Waals surface area (Å²) in [7, 11) is -2.75. The Bertz CT molecular complexity index is 2930. The number of aromatic nitrogens is 4. The lowest BCUT2D eigenvalue weighted by atomic mass is 10.0. The minimum absolute atomic E-state index is 0.105. The Labute approximate surface area is 396 Å². The van der Waals surface area contributed by atoms with E-state index in [9.17, 15) is 18.9 Å². The number of hydrogen-bond acceptors (Lipinski definition) is 14. The molecule has 1 atom stereocenters. The standard InChI is InChI=1S/C48H57BrFN10O6P/c1-6-28-25-37(56-47-53-27-33(49)45(58-47)55-36-13-12-35-32(44(36)67(4,5)64)10-9-29(7-2)54-35)41(65-8-3)26-40(28)59-23-18-30(19-24-59)52-22-21-51-20-17-31-34(50)11-14-38-43(31)66-48(63)60(38)39-15-16-42(61)57-46(39)62/h9-14,25-27,30,39,51-52H,6-8,15-24H2,1-5H3,(H,57,61,62)(H2,53,55,56,58). The van der Waals surface area contributed by atoms with E-state index < -0.39 is 30.7 Å². The number of benzene rings is 3. The lowest BCUT2D eigenvalue weighted by molar-refractivity contribution is -0.135. The topological polar surface area (TPSA) is 198 Å². The van der Waals surface area contributed by atoms with Gasteiger partial charge in [-0.2, -0.15) is 4.98 Å². The van der Waals surface area contributed by atoms with Gasteiger partial charge < -0.3 is 39.9 Å². The molecule has 19 heteroatoms. The summed E-state index contributed by atoms with van der Waals surface area (Å²) in [6, 6.07) is 14.2. The highest BCUT2D eigenvalue weighted by atomic mass is 79.9. The summed E-state index contributed by atoms with van der Waals surface area (Å²) in [4.78, 5) is 53.6. The van der Waals surface area contributed by atoms with Crippen LogP contribution in [-0.4, -0.2) is 90.0 Å². The fourth-order valence-electron chi connectivity index (χ4n) is 9.05. The SMILES string of the molecule is CCOc1cc(N2CCC(NCCNCCc3c(F)ccc4c3oc(=O)n4C3CCC(=O)NC3=O)CC2)c(CC)cc1Nc1ncc(Br)c(Nc2ccc3nc(CC)ccc3c2P(C)(C)=O)n1. The van der Waals surface area contributed by atoms with Gasteiger partial charge in [-0.1, -0.05) is 19.9 Å². The van der Waals surface area contributed by atoms with Crippen molar-refractivity contribution in [2.45, 2.75) is 77.8 Å². The summed E-state index contributed by atoms with van der Waals surface area (Å²) in [6.07, 6.45) is 5.76. The minimum Gasteiger partial charge on any atom is -0.492 e. The van der Waals surface area contributed by atoms with Crippen molar-refractivity contribution in [2.75, 3.05) is 68.2 Å². The van der Waals surface area contributed by atoms with Crippen LogP contribution in [0.5, 0.6) is 5.75 Å². The van der Waals surface area contributed by atoms with Crippen LogP contribution in [0.25, 0.3) is 22.0 Å². The van der Waals surface area contributed by atoms with E-state index in [4.69, 9.17) is 19.1 Å². The van der Waals surface area contributed by atoms with Crippen molar-refractivity contribution in [3.63, 3.8) is 0 Å². The number of amides is 2. The van der Waals surface area contributed by atoms with Crippen molar-refractivity contribution in [3.8, 4) is 5.75 Å². The summed E-state index contributed by atoms with van der Waals surface area (Å²) in [5, 5.41) is 17.7. The van der Waals surface area contributed by atoms with Crippen molar-refractivity contribution >= 4 is 91.0 Å². The first-order chi connectivity index (χ1) is 32.3. The minimum atomic E-state index is -2.75. The van der Waals surface area contributed by atoms with Gasteiger partial charge in [-0.05, 0) is 123 Å². The molecule has 0 radical (unpaired) electrons. The molecule has 3 aromatic heterocycles. The van der Waals surface area contributed by atoms with E-state index in [1.807, 2.05) is 31.2 Å². The highest BCUT2D eigenvalue weighted by molar-refractivity contribution is 9.10. The Morgan fingerprint density at radius 3 is 2.48 bits per heavy atom. The number of aryl methyl sites for hydroxylation is 2. The predicted octanol–water partition coefficient (Wildman–Crippen LogP) is 7.46. The van der Waals surface area contributed by atoms with Gasteiger partial charge in [-0.25, -0.2) is 14.2 Å². The lowest BCUT2D eigenvalue weighted by Crippen LogP contribution is -2.44. The molecule has 5 heterocycles. The molecule has 16 nitrogen and oxygen atoms in total. The van der Waals surface area contributed by atoms with Crippen LogP contribution in [0, 0.1) is 5.82 Å². The number of ether oxygens (including phenoxy) is 1. The maximum Gasteiger partial charge on any atom is 0.420 e. The molecule has 2 amide bonds. The Hall–Kier alpha value is -5.68. The molecule has 8 rings (SSSR count). The number of rotatable bonds is 18. The van der Waals surface area contributed by atoms with Crippen molar-refractivity contribution < 1.29 is 27.7 Å². The van der Waals surface area contributed by atoms with E-state index in [0.29, 0.717) is 58.9 Å². The smallest absolute Gasteiger partial charge is 0.420 e. The number of halogens is 2. The highest BCUT2D eigenvalue weighted by Gasteiger charge is 2.32. The van der Waals surface area contributed by atoms with Crippen molar-refractivity contribution in [1.29, 1.82) is 0 Å². The molecular weight excluding hydrogens is 942 g/mol. The van der Waals surface area contributed by atoms with Gasteiger partial charge in [-0.3, -0.25) is 24.5 Å². The van der Waals surface area contributed by atoms with Crippen molar-refractivity contribution in [3.05, 3.63) is 92.4 Å². The molecule has 0 saturated carbocycles. The molecule has 6 aromatic rings. The summed E-state index contributed by atoms with van der Waals surface area (Å²) < 4.78 is 42.3. The molecule has 3 aromatic carbocycles. The fraction of sp³-hybridized carbons (Fsp3) is 0.417. The zero-order chi connectivity index (χ0) is 47.4. The molecule has 2 aliphatic heterocycles. The summed E-state index contributed by atoms with van der Waals surface area (Å²) >= 11 is 3.62. The van der Waals surface area contributed by atoms with Crippen LogP contribution in [0.3, 0.4) is 0 Å². The molecular formula is C48H57BrFN10O6P. The fourth-order valence-corrected chi connectivity index (χ4v) is 10.8. The second-order valence-electron chi connectivity index (χ2n) is 17.2. The Morgan fingerprint density at radius 1 is 0.940 bits per heavy atom. The molecule has 0 spiro atoms. The second-order valence-corrected chi connectivity index (χ2v) is 21.2. The Balaban J connectivity index is 0.870. The predicted molar refractivity (Wildman–Crippen MR) is 265 cm³/mol. The first kappa shape index (κ1) is 47.8. The van der Waals surface area contributed by atoms with E-state index in [1.54, 1.807) is 19.5 Å². The van der Waals surface area contributed by atoms with Gasteiger partial charge in [-0.15, -0.1) is 0 Å². The maximum absolute atomic E-state index is 15.0. The number of hydrogen-bond donors (Lipinski definition) is 5. The zero-order valence-corrected chi connectivity index (χ0v) is 40.9. The van der Waals surface area contributed by atoms with E-state index in [0.717, 1.165) is 78.6 Å². The van der Waals surface area contributed by atoms with Crippen LogP contribution in [0.1, 0.15) is 69.3 Å². The summed E-state index contributed by atoms with van der Waals surface area (Å²) in [5.41, 5.74) is 6.25. The monoisotopic (exact) mass is 998 g/mol. The first-order valence-electron chi connectivity index (χ1n) is 23.0. The molecule has 0 bridgehead atoms. The molecule has 354 valence electrons. The zero-order valence-electron chi connectivity index (χ0n) is 38.4. The largest absolute Gasteiger partial charge is 0.492 e. The number of anilines is 5. The first-order valence-corrected chi connectivity index (χ1v) is 26.3. The van der Waals surface area contributed by atoms with Crippen LogP contribution in [0.4, 0.5) is 33.2 Å². The van der Waals surface area contributed by atoms with E-state index in [-0.39, 0.29) is 36.3 Å². The number of oxazole rings is 1. The average molecular weight is 1000 g/mol. The molecule has 1 unspecified atom stereocenters. The summed E-state index contributed by atoms with van der Waals surface area (Å²) in [5.74, 6) is -0.621. The maximum atomic E-state index is 15.0. The average Bonchev–Trinajstić information content (AvgIpc) is 3.64. The van der Waals surface area contributed by atoms with Crippen molar-refractivity contribution in [1.82, 2.24) is 35.5 Å². The number of carbonyl (C=O) groups is 2. The van der Waals surface area contributed by atoms with Gasteiger partial charge >= 0.3 is 5.76 Å². The van der Waals surface area contributed by atoms with E-state index in [1.165, 1.54) is 22.3 Å². The quantitative estimate of drug-likeness (QED) is 0.0323. The third-order valence-electron chi connectivity index (χ3n) is 12.4. The molecule has 2 fully saturated rings. The molecule has 5 N–H and O–H groups in total. The number of fused-ring (bicyclic) bond motifs is 2. The van der Waals surface area contributed by atoms with E-state index in [2.05, 4.69) is 78.4 Å². The third-order valence-corrected chi connectivity index (χ3v) is 14.5. The number of nitrogens with one attached hydrogen (secondary N) is 5. The summed E-state index contributed by atoms with van der Waals surface area (Å²) in [6.45, 7) is 13.7. The van der Waals surface area contributed by atoms with E-state index >= 15 is 4.39 Å². The Morgan fingerprint density at radius 2 is 1.75 bits per heavy atom. The third kappa shape index (κ3) is 10.6. The molecule has 67 heavy (non-hydrogen) atoms. The van der Waals surface area contributed by atoms with Gasteiger partial charge in [0.15, 0.2) is 5.58 Å². The van der Waals surface area contributed by atoms with Crippen LogP contribution >= 0.6 is 23.1 Å². The molecule has 2 aliphatic rings. The van der Waals surface area contributed by atoms with Gasteiger partial charge in [0.25, 0.3) is 0 Å². The van der Waals surface area contributed by atoms with Crippen molar-refractivity contribution in [2.24, 2.45) is 0 Å². The Kier molecular flexibility index (Phi) is 14.8.